The van der Waals surface area contributed by atoms with Crippen molar-refractivity contribution >= 4 is 5.91 Å². The second kappa shape index (κ2) is 11.4. The molecule has 0 spiro atoms. The molecule has 1 atom stereocenters. The third kappa shape index (κ3) is 5.43. The number of benzene rings is 3. The van der Waals surface area contributed by atoms with E-state index in [0.29, 0.717) is 42.7 Å². The average Bonchev–Trinajstić information content (AvgIpc) is 2.91. The number of hydrogen-bond acceptors (Lipinski definition) is 5. The third-order valence-electron chi connectivity index (χ3n) is 6.63. The van der Waals surface area contributed by atoms with E-state index in [2.05, 4.69) is 26.0 Å². The first-order valence-corrected chi connectivity index (χ1v) is 12.5. The van der Waals surface area contributed by atoms with Gasteiger partial charge in [-0.05, 0) is 84.5 Å². The van der Waals surface area contributed by atoms with Crippen LogP contribution >= 0.6 is 0 Å². The molecule has 0 aromatic heterocycles. The van der Waals surface area contributed by atoms with Crippen LogP contribution in [0.1, 0.15) is 59.8 Å². The van der Waals surface area contributed by atoms with Gasteiger partial charge in [0.05, 0.1) is 26.9 Å². The highest BCUT2D eigenvalue weighted by Gasteiger charge is 2.33. The number of ether oxygens (including phenoxy) is 4. The molecule has 1 unspecified atom stereocenters. The summed E-state index contributed by atoms with van der Waals surface area (Å²) in [6.45, 7) is 7.76. The Bertz CT molecular complexity index is 1170. The van der Waals surface area contributed by atoms with Crippen LogP contribution < -0.4 is 18.9 Å². The molecule has 0 radical (unpaired) electrons. The number of methoxy groups -OCH3 is 2. The Kier molecular flexibility index (Phi) is 8.04. The quantitative estimate of drug-likeness (QED) is 0.367. The van der Waals surface area contributed by atoms with Gasteiger partial charge in [0.15, 0.2) is 11.5 Å². The molecule has 6 heteroatoms. The predicted molar refractivity (Wildman–Crippen MR) is 141 cm³/mol. The zero-order valence-electron chi connectivity index (χ0n) is 21.7. The van der Waals surface area contributed by atoms with Gasteiger partial charge in [-0.3, -0.25) is 4.79 Å². The van der Waals surface area contributed by atoms with Crippen molar-refractivity contribution in [3.8, 4) is 23.0 Å². The number of hydrogen-bond donors (Lipinski definition) is 0. The number of carbonyl (C=O) groups is 1. The molecule has 1 heterocycles. The van der Waals surface area contributed by atoms with Crippen LogP contribution in [0.15, 0.2) is 60.7 Å². The Labute approximate surface area is 213 Å². The molecule has 190 valence electrons. The lowest BCUT2D eigenvalue weighted by atomic mass is 9.91. The third-order valence-corrected chi connectivity index (χ3v) is 6.63. The summed E-state index contributed by atoms with van der Waals surface area (Å²) in [5.41, 5.74) is 4.02. The van der Waals surface area contributed by atoms with E-state index in [1.54, 1.807) is 14.2 Å². The molecule has 1 aliphatic rings. The first-order chi connectivity index (χ1) is 17.4. The topological polar surface area (TPSA) is 57.2 Å². The maximum atomic E-state index is 13.7. The van der Waals surface area contributed by atoms with Gasteiger partial charge in [0.2, 0.25) is 0 Å². The summed E-state index contributed by atoms with van der Waals surface area (Å²) in [4.78, 5) is 15.6. The van der Waals surface area contributed by atoms with Crippen molar-refractivity contribution in [3.05, 3.63) is 82.9 Å². The van der Waals surface area contributed by atoms with E-state index in [1.165, 1.54) is 5.56 Å². The van der Waals surface area contributed by atoms with Crippen LogP contribution in [-0.2, 0) is 6.42 Å². The van der Waals surface area contributed by atoms with Gasteiger partial charge in [-0.25, -0.2) is 0 Å². The molecule has 0 N–H and O–H groups in total. The molecule has 0 saturated heterocycles. The van der Waals surface area contributed by atoms with Crippen molar-refractivity contribution in [2.24, 2.45) is 0 Å². The van der Waals surface area contributed by atoms with Crippen molar-refractivity contribution in [2.45, 2.75) is 39.2 Å². The molecule has 36 heavy (non-hydrogen) atoms. The highest BCUT2D eigenvalue weighted by Crippen LogP contribution is 2.39. The first-order valence-electron chi connectivity index (χ1n) is 12.5. The highest BCUT2D eigenvalue weighted by atomic mass is 16.5. The van der Waals surface area contributed by atoms with E-state index < -0.39 is 0 Å². The highest BCUT2D eigenvalue weighted by molar-refractivity contribution is 5.95. The normalized spacial score (nSPS) is 14.8. The van der Waals surface area contributed by atoms with Gasteiger partial charge < -0.3 is 23.8 Å². The van der Waals surface area contributed by atoms with E-state index >= 15 is 0 Å². The summed E-state index contributed by atoms with van der Waals surface area (Å²) in [7, 11) is 3.26. The van der Waals surface area contributed by atoms with Crippen molar-refractivity contribution in [1.29, 1.82) is 0 Å². The van der Waals surface area contributed by atoms with Gasteiger partial charge >= 0.3 is 0 Å². The predicted octanol–water partition coefficient (Wildman–Crippen LogP) is 6.04. The summed E-state index contributed by atoms with van der Waals surface area (Å²) in [6, 6.07) is 19.2. The molecule has 1 aliphatic heterocycles. The summed E-state index contributed by atoms with van der Waals surface area (Å²) in [5.74, 6) is 3.26. The molecule has 0 fully saturated rings. The van der Waals surface area contributed by atoms with Crippen LogP contribution in [0.2, 0.25) is 0 Å². The number of fused-ring (bicyclic) bond motifs is 1. The van der Waals surface area contributed by atoms with Gasteiger partial charge in [0.1, 0.15) is 18.1 Å². The van der Waals surface area contributed by atoms with Crippen LogP contribution in [0.3, 0.4) is 0 Å². The standard InChI is InChI=1S/C30H35NO5/c1-6-35-24-13-9-22(10-14-24)30(32)31-16-15-23-17-28(33-4)29(34-5)18-26(23)27(31)19-36-25-11-7-21(8-12-25)20(2)3/h7-14,17-18,20,27H,6,15-16,19H2,1-5H3. The van der Waals surface area contributed by atoms with E-state index in [9.17, 15) is 4.79 Å². The molecule has 0 saturated carbocycles. The van der Waals surface area contributed by atoms with Crippen LogP contribution in [0, 0.1) is 0 Å². The average molecular weight is 490 g/mol. The maximum Gasteiger partial charge on any atom is 0.254 e. The molecular formula is C30H35NO5. The summed E-state index contributed by atoms with van der Waals surface area (Å²) < 4.78 is 22.9. The molecule has 1 amide bonds. The van der Waals surface area contributed by atoms with Gasteiger partial charge in [-0.1, -0.05) is 26.0 Å². The minimum atomic E-state index is -0.280. The fourth-order valence-corrected chi connectivity index (χ4v) is 4.60. The Balaban J connectivity index is 1.65. The largest absolute Gasteiger partial charge is 0.494 e. The minimum absolute atomic E-state index is 0.0396. The summed E-state index contributed by atoms with van der Waals surface area (Å²) in [5, 5.41) is 0. The minimum Gasteiger partial charge on any atom is -0.494 e. The zero-order chi connectivity index (χ0) is 25.7. The number of amides is 1. The van der Waals surface area contributed by atoms with E-state index in [-0.39, 0.29) is 11.9 Å². The second-order valence-corrected chi connectivity index (χ2v) is 9.16. The van der Waals surface area contributed by atoms with E-state index in [1.807, 2.05) is 60.4 Å². The van der Waals surface area contributed by atoms with Gasteiger partial charge in [0.25, 0.3) is 5.91 Å². The number of nitrogens with zero attached hydrogens (tertiary/aromatic N) is 1. The molecule has 3 aromatic rings. The lowest BCUT2D eigenvalue weighted by molar-refractivity contribution is 0.0589. The van der Waals surface area contributed by atoms with Crippen molar-refractivity contribution in [1.82, 2.24) is 4.90 Å². The molecule has 6 nitrogen and oxygen atoms in total. The first kappa shape index (κ1) is 25.4. The van der Waals surface area contributed by atoms with Crippen molar-refractivity contribution < 1.29 is 23.7 Å². The van der Waals surface area contributed by atoms with E-state index in [0.717, 1.165) is 29.0 Å². The Morgan fingerprint density at radius 1 is 0.917 bits per heavy atom. The van der Waals surface area contributed by atoms with Crippen LogP contribution in [0.25, 0.3) is 0 Å². The van der Waals surface area contributed by atoms with Gasteiger partial charge in [-0.15, -0.1) is 0 Å². The molecule has 0 aliphatic carbocycles. The monoisotopic (exact) mass is 489 g/mol. The van der Waals surface area contributed by atoms with E-state index in [4.69, 9.17) is 18.9 Å². The fraction of sp³-hybridized carbons (Fsp3) is 0.367. The Hall–Kier alpha value is -3.67. The Morgan fingerprint density at radius 2 is 1.53 bits per heavy atom. The lowest BCUT2D eigenvalue weighted by Gasteiger charge is -2.37. The van der Waals surface area contributed by atoms with Crippen LogP contribution in [0.4, 0.5) is 0 Å². The Morgan fingerprint density at radius 3 is 2.14 bits per heavy atom. The molecule has 0 bridgehead atoms. The van der Waals surface area contributed by atoms with Gasteiger partial charge in [-0.2, -0.15) is 0 Å². The lowest BCUT2D eigenvalue weighted by Crippen LogP contribution is -2.42. The maximum absolute atomic E-state index is 13.7. The van der Waals surface area contributed by atoms with Crippen LogP contribution in [0.5, 0.6) is 23.0 Å². The number of rotatable bonds is 9. The fourth-order valence-electron chi connectivity index (χ4n) is 4.60. The molecular weight excluding hydrogens is 454 g/mol. The zero-order valence-corrected chi connectivity index (χ0v) is 21.7. The van der Waals surface area contributed by atoms with Crippen LogP contribution in [-0.4, -0.2) is 44.8 Å². The molecule has 3 aromatic carbocycles. The van der Waals surface area contributed by atoms with Crippen molar-refractivity contribution in [2.75, 3.05) is 34.0 Å². The van der Waals surface area contributed by atoms with Crippen molar-refractivity contribution in [3.63, 3.8) is 0 Å². The summed E-state index contributed by atoms with van der Waals surface area (Å²) in [6.07, 6.45) is 0.720. The second-order valence-electron chi connectivity index (χ2n) is 9.16. The SMILES string of the molecule is CCOc1ccc(C(=O)N2CCc3cc(OC)c(OC)cc3C2COc2ccc(C(C)C)cc2)cc1. The smallest absolute Gasteiger partial charge is 0.254 e. The van der Waals surface area contributed by atoms with Gasteiger partial charge in [0, 0.05) is 12.1 Å². The molecule has 4 rings (SSSR count). The summed E-state index contributed by atoms with van der Waals surface area (Å²) >= 11 is 0. The number of carbonyl (C=O) groups excluding carboxylic acids is 1.